The van der Waals surface area contributed by atoms with Crippen LogP contribution in [-0.4, -0.2) is 46.8 Å². The zero-order chi connectivity index (χ0) is 18.5. The first-order valence-corrected chi connectivity index (χ1v) is 8.86. The zero-order valence-corrected chi connectivity index (χ0v) is 15.3. The number of hydrogen-bond donors (Lipinski definition) is 0. The van der Waals surface area contributed by atoms with E-state index in [0.29, 0.717) is 18.7 Å². The largest absolute Gasteiger partial charge is 0.469 e. The molecular weight excluding hydrogens is 330 g/mol. The summed E-state index contributed by atoms with van der Waals surface area (Å²) in [6, 6.07) is 9.26. The van der Waals surface area contributed by atoms with E-state index in [2.05, 4.69) is 18.9 Å². The minimum absolute atomic E-state index is 0.0325. The van der Waals surface area contributed by atoms with Gasteiger partial charge in [0.2, 0.25) is 0 Å². The number of methoxy groups -OCH3 is 1. The number of esters is 1. The molecule has 4 rings (SSSR count). The van der Waals surface area contributed by atoms with Gasteiger partial charge < -0.3 is 9.64 Å². The van der Waals surface area contributed by atoms with Crippen LogP contribution >= 0.6 is 0 Å². The molecule has 2 fully saturated rings. The third-order valence-electron chi connectivity index (χ3n) is 6.02. The number of nitrogens with zero attached hydrogens (tertiary/aromatic N) is 3. The fourth-order valence-corrected chi connectivity index (χ4v) is 4.96. The van der Waals surface area contributed by atoms with E-state index >= 15 is 0 Å². The number of rotatable bonds is 3. The molecule has 0 unspecified atom stereocenters. The van der Waals surface area contributed by atoms with Gasteiger partial charge in [-0.2, -0.15) is 5.10 Å². The van der Waals surface area contributed by atoms with Gasteiger partial charge in [-0.3, -0.25) is 9.59 Å². The summed E-state index contributed by atoms with van der Waals surface area (Å²) in [5.41, 5.74) is 0.808. The van der Waals surface area contributed by atoms with Gasteiger partial charge in [0, 0.05) is 25.5 Å². The maximum atomic E-state index is 13.3. The maximum Gasteiger partial charge on any atom is 0.314 e. The second-order valence-electron chi connectivity index (χ2n) is 8.02. The molecule has 136 valence electrons. The first kappa shape index (κ1) is 16.8. The van der Waals surface area contributed by atoms with Crippen molar-refractivity contribution in [3.05, 3.63) is 48.3 Å². The van der Waals surface area contributed by atoms with Crippen molar-refractivity contribution in [3.63, 3.8) is 0 Å². The molecule has 1 aliphatic heterocycles. The van der Waals surface area contributed by atoms with E-state index in [1.165, 1.54) is 7.11 Å². The fourth-order valence-electron chi connectivity index (χ4n) is 4.96. The predicted molar refractivity (Wildman–Crippen MR) is 95.8 cm³/mol. The summed E-state index contributed by atoms with van der Waals surface area (Å²) >= 11 is 0. The van der Waals surface area contributed by atoms with Crippen molar-refractivity contribution in [1.82, 2.24) is 14.7 Å². The highest BCUT2D eigenvalue weighted by atomic mass is 16.5. The molecule has 0 N–H and O–H groups in total. The molecule has 0 radical (unpaired) electrons. The van der Waals surface area contributed by atoms with Crippen LogP contribution < -0.4 is 0 Å². The molecule has 1 aliphatic carbocycles. The van der Waals surface area contributed by atoms with Gasteiger partial charge in [0.25, 0.3) is 5.91 Å². The highest BCUT2D eigenvalue weighted by molar-refractivity contribution is 5.98. The molecule has 1 aromatic carbocycles. The maximum absolute atomic E-state index is 13.3. The normalized spacial score (nSPS) is 26.1. The molecule has 0 bridgehead atoms. The zero-order valence-electron chi connectivity index (χ0n) is 15.3. The summed E-state index contributed by atoms with van der Waals surface area (Å²) in [4.78, 5) is 27.6. The number of hydrogen-bond acceptors (Lipinski definition) is 4. The Hall–Kier alpha value is -2.63. The van der Waals surface area contributed by atoms with Crippen LogP contribution in [0.2, 0.25) is 0 Å². The lowest BCUT2D eigenvalue weighted by Crippen LogP contribution is -2.57. The Bertz CT molecular complexity index is 859. The second kappa shape index (κ2) is 5.69. The van der Waals surface area contributed by atoms with Crippen molar-refractivity contribution in [2.24, 2.45) is 16.7 Å². The number of fused-ring (bicyclic) bond motifs is 1. The van der Waals surface area contributed by atoms with Crippen LogP contribution in [0.25, 0.3) is 5.69 Å². The number of para-hydroxylation sites is 1. The Morgan fingerprint density at radius 2 is 2.00 bits per heavy atom. The average molecular weight is 353 g/mol. The minimum Gasteiger partial charge on any atom is -0.469 e. The molecule has 2 aliphatic rings. The van der Waals surface area contributed by atoms with Crippen LogP contribution in [0.3, 0.4) is 0 Å². The molecule has 0 spiro atoms. The second-order valence-corrected chi connectivity index (χ2v) is 8.02. The van der Waals surface area contributed by atoms with Gasteiger partial charge >= 0.3 is 5.97 Å². The molecule has 1 saturated heterocycles. The summed E-state index contributed by atoms with van der Waals surface area (Å²) in [7, 11) is 1.43. The van der Waals surface area contributed by atoms with Gasteiger partial charge in [-0.05, 0) is 36.0 Å². The number of carbonyl (C=O) groups is 2. The Morgan fingerprint density at radius 3 is 2.65 bits per heavy atom. The highest BCUT2D eigenvalue weighted by Crippen LogP contribution is 2.63. The number of aromatic nitrogens is 2. The molecule has 1 saturated carbocycles. The van der Waals surface area contributed by atoms with Crippen molar-refractivity contribution in [2.45, 2.75) is 20.3 Å². The van der Waals surface area contributed by atoms with Gasteiger partial charge in [0.05, 0.1) is 23.8 Å². The third-order valence-corrected chi connectivity index (χ3v) is 6.02. The molecule has 1 aromatic heterocycles. The van der Waals surface area contributed by atoms with Gasteiger partial charge in [-0.1, -0.05) is 26.0 Å². The topological polar surface area (TPSA) is 64.4 Å². The minimum atomic E-state index is -0.561. The summed E-state index contributed by atoms with van der Waals surface area (Å²) < 4.78 is 6.77. The molecule has 2 heterocycles. The van der Waals surface area contributed by atoms with Gasteiger partial charge in [0.15, 0.2) is 0 Å². The summed E-state index contributed by atoms with van der Waals surface area (Å²) in [6.45, 7) is 5.31. The summed E-state index contributed by atoms with van der Waals surface area (Å²) in [5, 5.41) is 4.25. The van der Waals surface area contributed by atoms with E-state index in [-0.39, 0.29) is 23.2 Å². The van der Waals surface area contributed by atoms with Crippen molar-refractivity contribution < 1.29 is 14.3 Å². The van der Waals surface area contributed by atoms with Crippen LogP contribution in [-0.2, 0) is 9.53 Å². The molecule has 6 heteroatoms. The van der Waals surface area contributed by atoms with Crippen LogP contribution in [0.4, 0.5) is 0 Å². The molecule has 6 nitrogen and oxygen atoms in total. The third kappa shape index (κ3) is 2.28. The molecule has 2 atom stereocenters. The lowest BCUT2D eigenvalue weighted by molar-refractivity contribution is -0.174. The molecular formula is C20H23N3O3. The van der Waals surface area contributed by atoms with Crippen molar-refractivity contribution in [2.75, 3.05) is 20.2 Å². The average Bonchev–Trinajstić information content (AvgIpc) is 3.27. The smallest absolute Gasteiger partial charge is 0.314 e. The SMILES string of the molecule is COC(=O)[C@@]12CN(C(=O)c3ccccc3-n3cccn3)C[C@@H]1C(C)(C)C2. The van der Waals surface area contributed by atoms with Gasteiger partial charge in [-0.15, -0.1) is 0 Å². The Labute approximate surface area is 152 Å². The van der Waals surface area contributed by atoms with Crippen LogP contribution in [0, 0.1) is 16.7 Å². The number of benzene rings is 1. The Morgan fingerprint density at radius 1 is 1.23 bits per heavy atom. The van der Waals surface area contributed by atoms with E-state index in [1.54, 1.807) is 15.8 Å². The standard InChI is InChI=1S/C20H23N3O3/c1-19(2)12-20(18(25)26-3)13-22(11-16(19)20)17(24)14-7-4-5-8-15(14)23-10-6-9-21-23/h4-10,16H,11-13H2,1-3H3/t16-,20+/m1/s1. The monoisotopic (exact) mass is 353 g/mol. The number of amides is 1. The van der Waals surface area contributed by atoms with E-state index in [0.717, 1.165) is 12.1 Å². The molecule has 2 aromatic rings. The van der Waals surface area contributed by atoms with Crippen LogP contribution in [0.5, 0.6) is 0 Å². The van der Waals surface area contributed by atoms with Gasteiger partial charge in [0.1, 0.15) is 0 Å². The Kier molecular flexibility index (Phi) is 3.68. The molecule has 26 heavy (non-hydrogen) atoms. The lowest BCUT2D eigenvalue weighted by Gasteiger charge is -2.54. The summed E-state index contributed by atoms with van der Waals surface area (Å²) in [6.07, 6.45) is 4.26. The quantitative estimate of drug-likeness (QED) is 0.796. The fraction of sp³-hybridized carbons (Fsp3) is 0.450. The molecule has 1 amide bonds. The van der Waals surface area contributed by atoms with E-state index in [1.807, 2.05) is 36.5 Å². The van der Waals surface area contributed by atoms with Crippen molar-refractivity contribution in [1.29, 1.82) is 0 Å². The first-order valence-electron chi connectivity index (χ1n) is 8.86. The van der Waals surface area contributed by atoms with E-state index < -0.39 is 5.41 Å². The number of ether oxygens (including phenoxy) is 1. The first-order chi connectivity index (χ1) is 12.4. The van der Waals surface area contributed by atoms with Crippen LogP contribution in [0.15, 0.2) is 42.7 Å². The van der Waals surface area contributed by atoms with E-state index in [4.69, 9.17) is 4.74 Å². The predicted octanol–water partition coefficient (Wildman–Crippen LogP) is 2.53. The lowest BCUT2D eigenvalue weighted by atomic mass is 9.48. The highest BCUT2D eigenvalue weighted by Gasteiger charge is 2.68. The van der Waals surface area contributed by atoms with Gasteiger partial charge in [-0.25, -0.2) is 4.68 Å². The number of carbonyl (C=O) groups excluding carboxylic acids is 2. The Balaban J connectivity index is 1.66. The van der Waals surface area contributed by atoms with Crippen LogP contribution in [0.1, 0.15) is 30.6 Å². The number of likely N-dealkylation sites (tertiary alicyclic amines) is 1. The van der Waals surface area contributed by atoms with Crippen molar-refractivity contribution in [3.8, 4) is 5.69 Å². The van der Waals surface area contributed by atoms with Crippen molar-refractivity contribution >= 4 is 11.9 Å². The van der Waals surface area contributed by atoms with E-state index in [9.17, 15) is 9.59 Å². The summed E-state index contributed by atoms with van der Waals surface area (Å²) in [5.74, 6) is -0.134.